The molecule has 4 nitrogen and oxygen atoms in total. The Morgan fingerprint density at radius 3 is 2.73 bits per heavy atom. The second kappa shape index (κ2) is 8.89. The van der Waals surface area contributed by atoms with Gasteiger partial charge in [-0.05, 0) is 40.0 Å². The van der Waals surface area contributed by atoms with Gasteiger partial charge < -0.3 is 9.84 Å². The average Bonchev–Trinajstić information content (AvgIpc) is 2.67. The summed E-state index contributed by atoms with van der Waals surface area (Å²) in [6.07, 6.45) is 6.12. The fourth-order valence-electron chi connectivity index (χ4n) is 2.95. The number of ketones is 1. The topological polar surface area (TPSA) is 63.6 Å². The number of Topliss-reactive ketones (excluding diaryl/α,β-unsaturated/α-hetero) is 1. The van der Waals surface area contributed by atoms with Crippen LogP contribution in [0.3, 0.4) is 0 Å². The highest BCUT2D eigenvalue weighted by molar-refractivity contribution is 5.85. The van der Waals surface area contributed by atoms with Gasteiger partial charge in [0.1, 0.15) is 5.78 Å². The van der Waals surface area contributed by atoms with Gasteiger partial charge in [-0.1, -0.05) is 24.3 Å². The lowest BCUT2D eigenvalue weighted by Crippen LogP contribution is -2.20. The van der Waals surface area contributed by atoms with E-state index in [9.17, 15) is 14.7 Å². The molecule has 1 N–H and O–H groups in total. The van der Waals surface area contributed by atoms with E-state index < -0.39 is 6.10 Å². The van der Waals surface area contributed by atoms with Crippen molar-refractivity contribution in [3.05, 3.63) is 24.3 Å². The molecule has 1 rings (SSSR count). The van der Waals surface area contributed by atoms with Crippen molar-refractivity contribution in [2.24, 2.45) is 11.8 Å². The first kappa shape index (κ1) is 18.6. The molecule has 0 radical (unpaired) electrons. The standard InChI is InChI=1S/C18H28O4/c1-12(2)18-14(15(19)11-16(18)20)9-7-5-6-8-10-17(21)22-13(3)4/h5,7,13-14,16,18,20H,1,6,8-11H2,2-4H3/b7-5-/t14-,16+,18+/m0/s1. The van der Waals surface area contributed by atoms with Gasteiger partial charge in [0.05, 0.1) is 12.2 Å². The summed E-state index contributed by atoms with van der Waals surface area (Å²) in [5.74, 6) is -0.335. The van der Waals surface area contributed by atoms with Crippen LogP contribution in [0.5, 0.6) is 0 Å². The summed E-state index contributed by atoms with van der Waals surface area (Å²) in [7, 11) is 0. The van der Waals surface area contributed by atoms with E-state index in [4.69, 9.17) is 4.74 Å². The zero-order chi connectivity index (χ0) is 16.7. The number of allylic oxidation sites excluding steroid dienone is 2. The van der Waals surface area contributed by atoms with Crippen LogP contribution >= 0.6 is 0 Å². The van der Waals surface area contributed by atoms with Crippen molar-refractivity contribution in [1.29, 1.82) is 0 Å². The summed E-state index contributed by atoms with van der Waals surface area (Å²) in [4.78, 5) is 23.3. The SMILES string of the molecule is C=C(C)[C@H]1[C@H](O)CC(=O)[C@@H]1C/C=C\CCCC(=O)OC(C)C. The Balaban J connectivity index is 2.31. The van der Waals surface area contributed by atoms with E-state index in [1.165, 1.54) is 0 Å². The quantitative estimate of drug-likeness (QED) is 0.425. The highest BCUT2D eigenvalue weighted by Crippen LogP contribution is 2.36. The Bertz CT molecular complexity index is 436. The lowest BCUT2D eigenvalue weighted by Gasteiger charge is -2.19. The van der Waals surface area contributed by atoms with Crippen molar-refractivity contribution in [1.82, 2.24) is 0 Å². The maximum Gasteiger partial charge on any atom is 0.306 e. The van der Waals surface area contributed by atoms with E-state index >= 15 is 0 Å². The summed E-state index contributed by atoms with van der Waals surface area (Å²) in [5, 5.41) is 9.92. The number of ether oxygens (including phenoxy) is 1. The number of aliphatic hydroxyl groups is 1. The number of carbonyl (C=O) groups excluding carboxylic acids is 2. The molecular formula is C18H28O4. The maximum atomic E-state index is 11.9. The Kier molecular flexibility index (Phi) is 7.52. The minimum atomic E-state index is -0.589. The Hall–Kier alpha value is -1.42. The number of aliphatic hydroxyl groups excluding tert-OH is 1. The largest absolute Gasteiger partial charge is 0.463 e. The molecule has 1 aliphatic carbocycles. The van der Waals surface area contributed by atoms with Crippen LogP contribution in [0.4, 0.5) is 0 Å². The number of hydrogen-bond donors (Lipinski definition) is 1. The number of hydrogen-bond acceptors (Lipinski definition) is 4. The van der Waals surface area contributed by atoms with Gasteiger partial charge in [-0.25, -0.2) is 0 Å². The third kappa shape index (κ3) is 5.76. The van der Waals surface area contributed by atoms with Crippen LogP contribution in [-0.2, 0) is 14.3 Å². The molecule has 0 aromatic carbocycles. The maximum absolute atomic E-state index is 11.9. The van der Waals surface area contributed by atoms with Crippen molar-refractivity contribution >= 4 is 11.8 Å². The van der Waals surface area contributed by atoms with Crippen molar-refractivity contribution in [3.8, 4) is 0 Å². The van der Waals surface area contributed by atoms with Gasteiger partial charge in [-0.3, -0.25) is 9.59 Å². The van der Waals surface area contributed by atoms with Crippen molar-refractivity contribution < 1.29 is 19.4 Å². The Morgan fingerprint density at radius 2 is 2.14 bits per heavy atom. The molecule has 0 amide bonds. The van der Waals surface area contributed by atoms with Gasteiger partial charge in [0.2, 0.25) is 0 Å². The third-order valence-electron chi connectivity index (χ3n) is 3.92. The summed E-state index contributed by atoms with van der Waals surface area (Å²) in [6, 6.07) is 0. The van der Waals surface area contributed by atoms with Crippen molar-refractivity contribution in [2.75, 3.05) is 0 Å². The number of carbonyl (C=O) groups is 2. The molecule has 1 aliphatic rings. The van der Waals surface area contributed by atoms with Gasteiger partial charge in [0, 0.05) is 24.7 Å². The second-order valence-electron chi connectivity index (χ2n) is 6.35. The smallest absolute Gasteiger partial charge is 0.306 e. The molecule has 0 aliphatic heterocycles. The monoisotopic (exact) mass is 308 g/mol. The van der Waals surface area contributed by atoms with Crippen molar-refractivity contribution in [3.63, 3.8) is 0 Å². The first-order valence-corrected chi connectivity index (χ1v) is 8.03. The van der Waals surface area contributed by atoms with Crippen LogP contribution in [0, 0.1) is 11.8 Å². The molecule has 124 valence electrons. The Labute approximate surface area is 133 Å². The molecule has 0 aromatic rings. The molecule has 1 fully saturated rings. The Morgan fingerprint density at radius 1 is 1.45 bits per heavy atom. The van der Waals surface area contributed by atoms with E-state index in [0.717, 1.165) is 18.4 Å². The van der Waals surface area contributed by atoms with Crippen LogP contribution in [0.15, 0.2) is 24.3 Å². The summed E-state index contributed by atoms with van der Waals surface area (Å²) >= 11 is 0. The van der Waals surface area contributed by atoms with E-state index in [1.54, 1.807) is 0 Å². The zero-order valence-electron chi connectivity index (χ0n) is 13.9. The van der Waals surface area contributed by atoms with E-state index in [1.807, 2.05) is 32.9 Å². The second-order valence-corrected chi connectivity index (χ2v) is 6.35. The minimum Gasteiger partial charge on any atom is -0.463 e. The lowest BCUT2D eigenvalue weighted by molar-refractivity contribution is -0.147. The molecule has 0 saturated heterocycles. The highest BCUT2D eigenvalue weighted by atomic mass is 16.5. The van der Waals surface area contributed by atoms with Gasteiger partial charge in [-0.2, -0.15) is 0 Å². The first-order valence-electron chi connectivity index (χ1n) is 8.03. The molecule has 3 atom stereocenters. The predicted molar refractivity (Wildman–Crippen MR) is 86.3 cm³/mol. The number of rotatable bonds is 8. The predicted octanol–water partition coefficient (Wildman–Crippen LogP) is 3.20. The van der Waals surface area contributed by atoms with Crippen LogP contribution in [0.2, 0.25) is 0 Å². The number of esters is 1. The molecule has 0 unspecified atom stereocenters. The molecule has 4 heteroatoms. The molecule has 0 aromatic heterocycles. The van der Waals surface area contributed by atoms with E-state index in [0.29, 0.717) is 12.8 Å². The first-order chi connectivity index (χ1) is 10.3. The zero-order valence-corrected chi connectivity index (χ0v) is 13.9. The van der Waals surface area contributed by atoms with E-state index in [-0.39, 0.29) is 36.1 Å². The molecule has 1 saturated carbocycles. The summed E-state index contributed by atoms with van der Waals surface area (Å²) in [5.41, 5.74) is 0.869. The third-order valence-corrected chi connectivity index (χ3v) is 3.92. The minimum absolute atomic E-state index is 0.0677. The summed E-state index contributed by atoms with van der Waals surface area (Å²) in [6.45, 7) is 9.42. The van der Waals surface area contributed by atoms with Gasteiger partial charge in [0.15, 0.2) is 0 Å². The average molecular weight is 308 g/mol. The van der Waals surface area contributed by atoms with E-state index in [2.05, 4.69) is 6.58 Å². The molecule has 0 heterocycles. The van der Waals surface area contributed by atoms with Gasteiger partial charge >= 0.3 is 5.97 Å². The number of unbranched alkanes of at least 4 members (excludes halogenated alkanes) is 1. The molecular weight excluding hydrogens is 280 g/mol. The van der Waals surface area contributed by atoms with Crippen LogP contribution in [0.1, 0.15) is 52.9 Å². The fourth-order valence-corrected chi connectivity index (χ4v) is 2.95. The summed E-state index contributed by atoms with van der Waals surface area (Å²) < 4.78 is 5.06. The van der Waals surface area contributed by atoms with Crippen molar-refractivity contribution in [2.45, 2.75) is 65.1 Å². The van der Waals surface area contributed by atoms with Gasteiger partial charge in [-0.15, -0.1) is 0 Å². The fraction of sp³-hybridized carbons (Fsp3) is 0.667. The lowest BCUT2D eigenvalue weighted by atomic mass is 9.86. The molecule has 0 bridgehead atoms. The van der Waals surface area contributed by atoms with Crippen LogP contribution in [-0.4, -0.2) is 29.1 Å². The van der Waals surface area contributed by atoms with Gasteiger partial charge in [0.25, 0.3) is 0 Å². The molecule has 22 heavy (non-hydrogen) atoms. The van der Waals surface area contributed by atoms with Crippen LogP contribution in [0.25, 0.3) is 0 Å². The molecule has 0 spiro atoms. The van der Waals surface area contributed by atoms with Crippen LogP contribution < -0.4 is 0 Å². The normalized spacial score (nSPS) is 25.1. The highest BCUT2D eigenvalue weighted by Gasteiger charge is 2.40.